The fraction of sp³-hybridized carbons (Fsp3) is 0.304. The number of hydrogen-bond acceptors (Lipinski definition) is 3. The maximum Gasteiger partial charge on any atom is 0.339 e. The van der Waals surface area contributed by atoms with Crippen molar-refractivity contribution in [2.75, 3.05) is 16.8 Å². The minimum Gasteiger partial charge on any atom is -0.362 e. The average Bonchev–Trinajstić information content (AvgIpc) is 2.66. The van der Waals surface area contributed by atoms with E-state index in [-0.39, 0.29) is 11.6 Å². The first-order chi connectivity index (χ1) is 13.4. The first kappa shape index (κ1) is 19.7. The van der Waals surface area contributed by atoms with E-state index >= 15 is 0 Å². The zero-order valence-corrected chi connectivity index (χ0v) is 17.0. The molecule has 0 unspecified atom stereocenters. The van der Waals surface area contributed by atoms with Crippen LogP contribution in [0.1, 0.15) is 45.2 Å². The molecule has 1 aliphatic heterocycles. The van der Waals surface area contributed by atoms with Crippen molar-refractivity contribution < 1.29 is 4.79 Å². The third-order valence-electron chi connectivity index (χ3n) is 4.86. The number of hydrogen-bond donors (Lipinski definition) is 2. The molecule has 5 heteroatoms. The summed E-state index contributed by atoms with van der Waals surface area (Å²) in [5.74, 6) is 0. The number of allylic oxidation sites excluding steroid dienone is 1. The van der Waals surface area contributed by atoms with E-state index in [0.717, 1.165) is 24.2 Å². The van der Waals surface area contributed by atoms with E-state index in [1.807, 2.05) is 36.4 Å². The molecule has 0 saturated heterocycles. The van der Waals surface area contributed by atoms with Gasteiger partial charge in [-0.2, -0.15) is 5.10 Å². The predicted octanol–water partition coefficient (Wildman–Crippen LogP) is 5.25. The van der Waals surface area contributed by atoms with Crippen molar-refractivity contribution in [3.05, 3.63) is 65.7 Å². The zero-order chi connectivity index (χ0) is 20.1. The van der Waals surface area contributed by atoms with Crippen molar-refractivity contribution in [2.24, 2.45) is 5.10 Å². The number of carbonyl (C=O) groups excluding carboxylic acids is 1. The first-order valence-electron chi connectivity index (χ1n) is 9.67. The van der Waals surface area contributed by atoms with Gasteiger partial charge < -0.3 is 10.2 Å². The molecule has 0 saturated carbocycles. The summed E-state index contributed by atoms with van der Waals surface area (Å²) in [5.41, 5.74) is 7.90. The van der Waals surface area contributed by atoms with Gasteiger partial charge in [-0.25, -0.2) is 10.2 Å². The van der Waals surface area contributed by atoms with Crippen LogP contribution in [-0.2, 0) is 0 Å². The van der Waals surface area contributed by atoms with Gasteiger partial charge in [0.05, 0.1) is 11.8 Å². The Balaban J connectivity index is 1.72. The van der Waals surface area contributed by atoms with Crippen molar-refractivity contribution in [3.63, 3.8) is 0 Å². The zero-order valence-electron chi connectivity index (χ0n) is 17.0. The molecule has 1 aliphatic rings. The van der Waals surface area contributed by atoms with Crippen LogP contribution in [0.2, 0.25) is 0 Å². The largest absolute Gasteiger partial charge is 0.362 e. The molecule has 2 amide bonds. The Morgan fingerprint density at radius 3 is 2.64 bits per heavy atom. The van der Waals surface area contributed by atoms with Crippen LogP contribution >= 0.6 is 0 Å². The van der Waals surface area contributed by atoms with Crippen molar-refractivity contribution in [2.45, 2.75) is 39.7 Å². The van der Waals surface area contributed by atoms with Crippen molar-refractivity contribution in [1.29, 1.82) is 0 Å². The molecule has 5 nitrogen and oxygen atoms in total. The number of nitrogens with zero attached hydrogens (tertiary/aromatic N) is 2. The van der Waals surface area contributed by atoms with Gasteiger partial charge in [-0.05, 0) is 62.6 Å². The summed E-state index contributed by atoms with van der Waals surface area (Å²) in [7, 11) is 0. The summed E-state index contributed by atoms with van der Waals surface area (Å²) in [4.78, 5) is 14.4. The number of benzene rings is 2. The van der Waals surface area contributed by atoms with Gasteiger partial charge in [0.15, 0.2) is 0 Å². The lowest BCUT2D eigenvalue weighted by atomic mass is 9.88. The van der Waals surface area contributed by atoms with Crippen LogP contribution in [-0.4, -0.2) is 24.3 Å². The molecule has 2 N–H and O–H groups in total. The summed E-state index contributed by atoms with van der Waals surface area (Å²) in [6.45, 7) is 9.86. The molecule has 0 atom stereocenters. The second-order valence-corrected chi connectivity index (χ2v) is 7.60. The topological polar surface area (TPSA) is 56.7 Å². The van der Waals surface area contributed by atoms with E-state index in [0.29, 0.717) is 0 Å². The Hall–Kier alpha value is -3.08. The molecule has 28 heavy (non-hydrogen) atoms. The van der Waals surface area contributed by atoms with Crippen LogP contribution in [0.3, 0.4) is 0 Å². The minimum absolute atomic E-state index is 0.000217. The molecule has 2 aromatic carbocycles. The van der Waals surface area contributed by atoms with Gasteiger partial charge in [-0.15, -0.1) is 0 Å². The average molecular weight is 377 g/mol. The normalized spacial score (nSPS) is 15.1. The number of amides is 2. The molecule has 0 aliphatic carbocycles. The number of urea groups is 1. The lowest BCUT2D eigenvalue weighted by molar-refractivity contribution is 0.252. The molecule has 0 fully saturated rings. The van der Waals surface area contributed by atoms with Gasteiger partial charge in [0.1, 0.15) is 0 Å². The van der Waals surface area contributed by atoms with Gasteiger partial charge in [-0.3, -0.25) is 0 Å². The third kappa shape index (κ3) is 4.42. The van der Waals surface area contributed by atoms with E-state index in [4.69, 9.17) is 0 Å². The molecule has 1 heterocycles. The van der Waals surface area contributed by atoms with Crippen molar-refractivity contribution >= 4 is 29.2 Å². The van der Waals surface area contributed by atoms with Gasteiger partial charge in [0.2, 0.25) is 0 Å². The molecular weight excluding hydrogens is 348 g/mol. The van der Waals surface area contributed by atoms with E-state index in [2.05, 4.69) is 66.6 Å². The summed E-state index contributed by atoms with van der Waals surface area (Å²) >= 11 is 0. The second kappa shape index (κ2) is 8.30. The minimum atomic E-state index is -0.368. The number of hydrazone groups is 1. The summed E-state index contributed by atoms with van der Waals surface area (Å²) in [6.07, 6.45) is 5.08. The fourth-order valence-corrected chi connectivity index (χ4v) is 3.66. The lowest BCUT2D eigenvalue weighted by Crippen LogP contribution is -2.45. The maximum absolute atomic E-state index is 11.9. The highest BCUT2D eigenvalue weighted by molar-refractivity contribution is 5.91. The van der Waals surface area contributed by atoms with E-state index in [1.54, 1.807) is 6.21 Å². The highest BCUT2D eigenvalue weighted by Crippen LogP contribution is 2.39. The third-order valence-corrected chi connectivity index (χ3v) is 4.86. The Bertz CT molecular complexity index is 900. The van der Waals surface area contributed by atoms with Crippen LogP contribution in [0.4, 0.5) is 16.2 Å². The van der Waals surface area contributed by atoms with E-state index in [9.17, 15) is 4.79 Å². The Kier molecular flexibility index (Phi) is 5.83. The Morgan fingerprint density at radius 2 is 1.93 bits per heavy atom. The maximum atomic E-state index is 11.9. The van der Waals surface area contributed by atoms with Gasteiger partial charge in [0.25, 0.3) is 0 Å². The van der Waals surface area contributed by atoms with Gasteiger partial charge in [0, 0.05) is 23.5 Å². The van der Waals surface area contributed by atoms with Crippen LogP contribution in [0.25, 0.3) is 5.57 Å². The van der Waals surface area contributed by atoms with Crippen LogP contribution in [0.15, 0.2) is 59.7 Å². The molecule has 0 bridgehead atoms. The number of carbonyl (C=O) groups is 1. The molecular formula is C23H28N4O. The van der Waals surface area contributed by atoms with Gasteiger partial charge in [-0.1, -0.05) is 37.3 Å². The number of nitrogens with one attached hydrogen (secondary N) is 2. The Morgan fingerprint density at radius 1 is 1.18 bits per heavy atom. The fourth-order valence-electron chi connectivity index (χ4n) is 3.66. The monoisotopic (exact) mass is 376 g/mol. The quantitative estimate of drug-likeness (QED) is 0.553. The van der Waals surface area contributed by atoms with Gasteiger partial charge >= 0.3 is 6.03 Å². The van der Waals surface area contributed by atoms with Crippen molar-refractivity contribution in [3.8, 4) is 0 Å². The molecule has 3 rings (SSSR count). The van der Waals surface area contributed by atoms with Crippen LogP contribution in [0.5, 0.6) is 0 Å². The van der Waals surface area contributed by atoms with Crippen molar-refractivity contribution in [1.82, 2.24) is 5.43 Å². The molecule has 0 aromatic heterocycles. The molecule has 0 spiro atoms. The second-order valence-electron chi connectivity index (χ2n) is 7.60. The van der Waals surface area contributed by atoms with E-state index in [1.165, 1.54) is 16.8 Å². The number of rotatable bonds is 5. The SMILES string of the molecule is CCCN1c2ccc(/C=N/NC(=O)Nc3ccccc3)cc2C(C)=CC1(C)C. The lowest BCUT2D eigenvalue weighted by Gasteiger charge is -2.43. The standard InChI is InChI=1S/C23H28N4O/c1-5-13-27-21-12-11-18(14-20(21)17(2)15-23(27,3)4)16-24-26-22(28)25-19-9-7-6-8-10-19/h6-12,14-16H,5,13H2,1-4H3,(H2,25,26,28)/b24-16+. The highest BCUT2D eigenvalue weighted by atomic mass is 16.2. The molecule has 146 valence electrons. The molecule has 0 radical (unpaired) electrons. The van der Waals surface area contributed by atoms with Crippen LogP contribution in [0, 0.1) is 0 Å². The van der Waals surface area contributed by atoms with E-state index < -0.39 is 0 Å². The first-order valence-corrected chi connectivity index (χ1v) is 9.67. The predicted molar refractivity (Wildman–Crippen MR) is 118 cm³/mol. The smallest absolute Gasteiger partial charge is 0.339 e. The summed E-state index contributed by atoms with van der Waals surface area (Å²) in [5, 5.41) is 6.81. The van der Waals surface area contributed by atoms with Crippen LogP contribution < -0.4 is 15.6 Å². The highest BCUT2D eigenvalue weighted by Gasteiger charge is 2.30. The number of para-hydroxylation sites is 1. The summed E-state index contributed by atoms with van der Waals surface area (Å²) in [6, 6.07) is 15.2. The number of fused-ring (bicyclic) bond motifs is 1. The molecule has 2 aromatic rings. The Labute approximate surface area is 167 Å². The summed E-state index contributed by atoms with van der Waals surface area (Å²) < 4.78 is 0. The number of anilines is 2.